The molecule has 0 N–H and O–H groups in total. The Labute approximate surface area is 710 Å². The summed E-state index contributed by atoms with van der Waals surface area (Å²) in [6.45, 7) is 4.40. The molecule has 574 valence electrons. The van der Waals surface area contributed by atoms with Crippen LogP contribution < -0.4 is 0 Å². The van der Waals surface area contributed by atoms with Crippen molar-refractivity contribution in [2.75, 3.05) is 0 Å². The van der Waals surface area contributed by atoms with Gasteiger partial charge in [-0.15, -0.1) is 23.5 Å². The first-order valence-electron chi connectivity index (χ1n) is 40.4. The average molecular weight is 1600 g/mol. The van der Waals surface area contributed by atoms with E-state index < -0.39 is 0 Å². The summed E-state index contributed by atoms with van der Waals surface area (Å²) in [6.07, 6.45) is 21.6. The van der Waals surface area contributed by atoms with E-state index in [1.165, 1.54) is 26.5 Å². The molecule has 21 aromatic rings. The molecule has 0 bridgehead atoms. The molecule has 0 radical (unpaired) electrons. The highest BCUT2D eigenvalue weighted by Crippen LogP contribution is 2.67. The predicted molar refractivity (Wildman–Crippen MR) is 491 cm³/mol. The molecule has 10 aromatic heterocycles. The molecule has 2 aliphatic rings. The van der Waals surface area contributed by atoms with E-state index in [-0.39, 0.29) is 10.5 Å². The Hall–Kier alpha value is -15.4. The molecule has 12 heterocycles. The Bertz CT molecular complexity index is 7760. The minimum atomic E-state index is 0.222. The highest BCUT2D eigenvalue weighted by molar-refractivity contribution is 8.05. The number of nitrogens with zero attached hydrogens (tertiary/aromatic N) is 13. The molecule has 0 fully saturated rings. The van der Waals surface area contributed by atoms with E-state index in [1.54, 1.807) is 37.2 Å². The van der Waals surface area contributed by atoms with E-state index in [0.717, 1.165) is 184 Å². The lowest BCUT2D eigenvalue weighted by atomic mass is 9.92. The van der Waals surface area contributed by atoms with Crippen LogP contribution in [0.4, 0.5) is 0 Å². The van der Waals surface area contributed by atoms with Gasteiger partial charge in [0.2, 0.25) is 0 Å². The summed E-state index contributed by atoms with van der Waals surface area (Å²) < 4.78 is 9.72. The Morgan fingerprint density at radius 2 is 0.770 bits per heavy atom. The van der Waals surface area contributed by atoms with Gasteiger partial charge in [-0.25, -0.2) is 19.9 Å². The molecule has 0 aliphatic carbocycles. The lowest BCUT2D eigenvalue weighted by molar-refractivity contribution is 0.670. The molecule has 0 amide bonds. The summed E-state index contributed by atoms with van der Waals surface area (Å²) in [6, 6.07) is 101. The molecule has 0 saturated carbocycles. The minimum Gasteiger partial charge on any atom is -0.455 e. The largest absolute Gasteiger partial charge is 0.455 e. The van der Waals surface area contributed by atoms with E-state index in [0.29, 0.717) is 28.5 Å². The zero-order valence-corrected chi connectivity index (χ0v) is 67.4. The molecule has 11 aromatic carbocycles. The molecule has 2 atom stereocenters. The standard InChI is InChI=1S/C106H67N13OS2/c1-62-75(25-13-27-77(62)92-59-107-45-47-110-92)76-26-14-31-94(63(76)2)119-95-35-32-71(78-28-15-42-113-100(78)93-60-108-46-48-111-93)53-80(95)81-58-91(116-61-96(81)119)72-24-12-22-67(50-72)70-34-37-98-85(52-70)104-103(122-98)84-51-69(33-36-97(84)121-104)66-21-11-23-68(49-66)73-54-82-83-56-74(79-29-16-41-112-99(79)90-30-9-10-40-109-90)57-87(106-115-44-39-89(118-106)65-19-7-4-8-20-65)102(83)120-101(82)86(55-73)105-114-43-38-88(117-105)64-17-5-3-6-18-64/h3-61,103-104H,1-2H3. The number of hydrogen-bond acceptors (Lipinski definition) is 15. The molecule has 122 heavy (non-hydrogen) atoms. The van der Waals surface area contributed by atoms with Crippen molar-refractivity contribution in [3.63, 3.8) is 0 Å². The van der Waals surface area contributed by atoms with E-state index in [2.05, 4.69) is 246 Å². The van der Waals surface area contributed by atoms with Crippen LogP contribution in [0.15, 0.2) is 374 Å². The third-order valence-corrected chi connectivity index (χ3v) is 26.6. The first kappa shape index (κ1) is 71.9. The molecule has 0 saturated heterocycles. The van der Waals surface area contributed by atoms with E-state index >= 15 is 0 Å². The third kappa shape index (κ3) is 12.6. The highest BCUT2D eigenvalue weighted by atomic mass is 32.2. The normalized spacial score (nSPS) is 13.4. The number of rotatable bonds is 15. The second kappa shape index (κ2) is 29.9. The van der Waals surface area contributed by atoms with Gasteiger partial charge in [-0.3, -0.25) is 39.9 Å². The number of benzene rings is 11. The maximum atomic E-state index is 7.34. The van der Waals surface area contributed by atoms with Crippen LogP contribution in [-0.2, 0) is 0 Å². The SMILES string of the molecule is Cc1c(-c2cnccn2)cccc1-c1cccc(-n2c3ccc(-c4cccnc4-c4cnccn4)cc3c3cc(-c4cccc(-c5ccc6c(c5)C5Sc7ccc(-c8cccc(-c9cc(-c%10nccc(-c%11ccccc%11)n%10)c%10oc%11c(-c%12nccc(-c%13ccccc%13)n%12)cc(-c%12cccnc%12-c%12ccccn%12)cc%11c%10c9)c8)cc7C5S6)c4)ncc32)c1C. The summed E-state index contributed by atoms with van der Waals surface area (Å²) in [4.78, 5) is 61.4. The van der Waals surface area contributed by atoms with E-state index in [1.807, 2.05) is 133 Å². The molecule has 14 nitrogen and oxygen atoms in total. The van der Waals surface area contributed by atoms with Gasteiger partial charge in [0.05, 0.1) is 91.1 Å². The van der Waals surface area contributed by atoms with Crippen molar-refractivity contribution < 1.29 is 4.42 Å². The molecule has 2 unspecified atom stereocenters. The predicted octanol–water partition coefficient (Wildman–Crippen LogP) is 26.4. The highest BCUT2D eigenvalue weighted by Gasteiger charge is 2.42. The number of furan rings is 1. The van der Waals surface area contributed by atoms with Crippen molar-refractivity contribution in [3.05, 3.63) is 382 Å². The maximum Gasteiger partial charge on any atom is 0.163 e. The van der Waals surface area contributed by atoms with Gasteiger partial charge < -0.3 is 8.98 Å². The topological polar surface area (TPSA) is 173 Å². The summed E-state index contributed by atoms with van der Waals surface area (Å²) in [5.74, 6) is 1.05. The van der Waals surface area contributed by atoms with Crippen LogP contribution >= 0.6 is 23.5 Å². The first-order chi connectivity index (χ1) is 60.3. The molecule has 0 spiro atoms. The van der Waals surface area contributed by atoms with Crippen molar-refractivity contribution in [3.8, 4) is 163 Å². The van der Waals surface area contributed by atoms with Crippen LogP contribution in [0.2, 0.25) is 0 Å². The lowest BCUT2D eigenvalue weighted by Gasteiger charge is -2.17. The summed E-state index contributed by atoms with van der Waals surface area (Å²) >= 11 is 3.95. The van der Waals surface area contributed by atoms with Gasteiger partial charge >= 0.3 is 0 Å². The van der Waals surface area contributed by atoms with Crippen LogP contribution in [0.5, 0.6) is 0 Å². The third-order valence-electron chi connectivity index (χ3n) is 23.7. The number of fused-ring (bicyclic) bond motifs is 11. The Balaban J connectivity index is 0.591. The van der Waals surface area contributed by atoms with Crippen LogP contribution in [0.3, 0.4) is 0 Å². The van der Waals surface area contributed by atoms with Crippen LogP contribution in [0.1, 0.15) is 32.8 Å². The number of thioether (sulfide) groups is 2. The van der Waals surface area contributed by atoms with Crippen molar-refractivity contribution in [1.82, 2.24) is 64.4 Å². The fraction of sp³-hybridized carbons (Fsp3) is 0.0377. The molecular formula is C106H67N13OS2. The van der Waals surface area contributed by atoms with Gasteiger partial charge in [0, 0.05) is 126 Å². The van der Waals surface area contributed by atoms with E-state index in [4.69, 9.17) is 49.3 Å². The van der Waals surface area contributed by atoms with E-state index in [9.17, 15) is 0 Å². The average Bonchev–Trinajstić information content (AvgIpc) is 1.56. The summed E-state index contributed by atoms with van der Waals surface area (Å²) in [5.41, 5.74) is 33.8. The Morgan fingerprint density at radius 3 is 1.41 bits per heavy atom. The monoisotopic (exact) mass is 1600 g/mol. The Morgan fingerprint density at radius 1 is 0.270 bits per heavy atom. The molecule has 16 heteroatoms. The second-order valence-electron chi connectivity index (χ2n) is 30.7. The molecular weight excluding hydrogens is 1540 g/mol. The van der Waals surface area contributed by atoms with Gasteiger partial charge in [0.15, 0.2) is 11.6 Å². The zero-order valence-electron chi connectivity index (χ0n) is 65.8. The number of aromatic nitrogens is 13. The van der Waals surface area contributed by atoms with Crippen molar-refractivity contribution >= 4 is 67.3 Å². The Kier molecular flexibility index (Phi) is 17.6. The van der Waals surface area contributed by atoms with Crippen LogP contribution in [0, 0.1) is 13.8 Å². The minimum absolute atomic E-state index is 0.222. The van der Waals surface area contributed by atoms with Crippen LogP contribution in [0.25, 0.3) is 207 Å². The molecule has 2 aliphatic heterocycles. The van der Waals surface area contributed by atoms with Crippen molar-refractivity contribution in [1.29, 1.82) is 0 Å². The van der Waals surface area contributed by atoms with Gasteiger partial charge in [0.25, 0.3) is 0 Å². The number of hydrogen-bond donors (Lipinski definition) is 0. The first-order valence-corrected chi connectivity index (χ1v) is 42.2. The quantitative estimate of drug-likeness (QED) is 0.0948. The number of pyridine rings is 4. The molecule has 23 rings (SSSR count). The maximum absolute atomic E-state index is 7.34. The summed E-state index contributed by atoms with van der Waals surface area (Å²) in [7, 11) is 0. The second-order valence-corrected chi connectivity index (χ2v) is 33.1. The van der Waals surface area contributed by atoms with Gasteiger partial charge in [-0.1, -0.05) is 164 Å². The summed E-state index contributed by atoms with van der Waals surface area (Å²) in [5, 5.41) is 4.38. The van der Waals surface area contributed by atoms with Crippen molar-refractivity contribution in [2.24, 2.45) is 0 Å². The van der Waals surface area contributed by atoms with Gasteiger partial charge in [-0.05, 0) is 213 Å². The van der Waals surface area contributed by atoms with Crippen LogP contribution in [-0.4, -0.2) is 64.4 Å². The smallest absolute Gasteiger partial charge is 0.163 e. The van der Waals surface area contributed by atoms with Gasteiger partial charge in [0.1, 0.15) is 16.9 Å². The fourth-order valence-corrected chi connectivity index (χ4v) is 20.9. The zero-order chi connectivity index (χ0) is 80.9. The fourth-order valence-electron chi connectivity index (χ4n) is 17.8. The van der Waals surface area contributed by atoms with Crippen molar-refractivity contribution in [2.45, 2.75) is 34.1 Å². The van der Waals surface area contributed by atoms with Gasteiger partial charge in [-0.2, -0.15) is 0 Å². The lowest BCUT2D eigenvalue weighted by Crippen LogP contribution is -2.00.